The minimum absolute atomic E-state index is 0.0119. The van der Waals surface area contributed by atoms with E-state index in [2.05, 4.69) is 17.2 Å². The van der Waals surface area contributed by atoms with Crippen molar-refractivity contribution in [1.29, 1.82) is 0 Å². The van der Waals surface area contributed by atoms with Crippen molar-refractivity contribution in [2.24, 2.45) is 5.14 Å². The Hall–Kier alpha value is -1.86. The summed E-state index contributed by atoms with van der Waals surface area (Å²) < 4.78 is 21.9. The smallest absolute Gasteiger partial charge is 0.315 e. The lowest BCUT2D eigenvalue weighted by Crippen LogP contribution is -2.23. The standard InChI is InChI=1S/C9H11N3O3S/c1-2-11-9(13)12-7-3-5-8(6-4-7)16(10,14)15/h2-6H,1H2,(H2,10,14,15)(H2,11,12,13). The fourth-order valence-electron chi connectivity index (χ4n) is 0.988. The Morgan fingerprint density at radius 3 is 2.31 bits per heavy atom. The van der Waals surface area contributed by atoms with E-state index < -0.39 is 16.1 Å². The Balaban J connectivity index is 2.80. The predicted octanol–water partition coefficient (Wildman–Crippen LogP) is 0.599. The van der Waals surface area contributed by atoms with Crippen molar-refractivity contribution in [1.82, 2.24) is 5.32 Å². The number of nitrogens with one attached hydrogen (secondary N) is 2. The van der Waals surface area contributed by atoms with Crippen LogP contribution in [0.3, 0.4) is 0 Å². The van der Waals surface area contributed by atoms with Crippen LogP contribution in [-0.4, -0.2) is 14.4 Å². The molecule has 86 valence electrons. The highest BCUT2D eigenvalue weighted by Crippen LogP contribution is 2.12. The number of carbonyl (C=O) groups excluding carboxylic acids is 1. The van der Waals surface area contributed by atoms with Gasteiger partial charge in [-0.25, -0.2) is 18.4 Å². The molecule has 0 bridgehead atoms. The van der Waals surface area contributed by atoms with Gasteiger partial charge in [-0.1, -0.05) is 6.58 Å². The molecule has 7 heteroatoms. The highest BCUT2D eigenvalue weighted by atomic mass is 32.2. The summed E-state index contributed by atoms with van der Waals surface area (Å²) in [5.74, 6) is 0. The van der Waals surface area contributed by atoms with E-state index in [0.717, 1.165) is 0 Å². The summed E-state index contributed by atoms with van der Waals surface area (Å²) in [5.41, 5.74) is 0.451. The first-order valence-electron chi connectivity index (χ1n) is 4.25. The summed E-state index contributed by atoms with van der Waals surface area (Å²) in [6, 6.07) is 5.01. The number of urea groups is 1. The third-order valence-corrected chi connectivity index (χ3v) is 2.60. The van der Waals surface area contributed by atoms with Crippen LogP contribution in [0.15, 0.2) is 41.9 Å². The maximum atomic E-state index is 11.1. The number of hydrogen-bond acceptors (Lipinski definition) is 3. The fourth-order valence-corrected chi connectivity index (χ4v) is 1.50. The highest BCUT2D eigenvalue weighted by molar-refractivity contribution is 7.89. The SMILES string of the molecule is C=CNC(=O)Nc1ccc(S(N)(=O)=O)cc1. The zero-order valence-corrected chi connectivity index (χ0v) is 9.12. The van der Waals surface area contributed by atoms with Gasteiger partial charge in [0.2, 0.25) is 10.0 Å². The van der Waals surface area contributed by atoms with E-state index in [1.54, 1.807) is 0 Å². The molecular formula is C9H11N3O3S. The van der Waals surface area contributed by atoms with Crippen LogP contribution in [0.1, 0.15) is 0 Å². The van der Waals surface area contributed by atoms with Crippen LogP contribution in [0.25, 0.3) is 0 Å². The molecule has 0 aromatic heterocycles. The van der Waals surface area contributed by atoms with Crippen molar-refractivity contribution in [2.45, 2.75) is 4.90 Å². The molecule has 4 N–H and O–H groups in total. The molecule has 0 atom stereocenters. The topological polar surface area (TPSA) is 101 Å². The van der Waals surface area contributed by atoms with Gasteiger partial charge in [0.25, 0.3) is 0 Å². The fraction of sp³-hybridized carbons (Fsp3) is 0. The van der Waals surface area contributed by atoms with Crippen LogP contribution in [0, 0.1) is 0 Å². The van der Waals surface area contributed by atoms with Gasteiger partial charge in [-0.15, -0.1) is 0 Å². The van der Waals surface area contributed by atoms with Gasteiger partial charge in [0.05, 0.1) is 4.90 Å². The number of anilines is 1. The second-order valence-corrected chi connectivity index (χ2v) is 4.43. The Morgan fingerprint density at radius 1 is 1.31 bits per heavy atom. The lowest BCUT2D eigenvalue weighted by molar-refractivity contribution is 0.255. The first-order valence-corrected chi connectivity index (χ1v) is 5.79. The zero-order valence-electron chi connectivity index (χ0n) is 8.30. The van der Waals surface area contributed by atoms with E-state index in [4.69, 9.17) is 5.14 Å². The molecule has 0 radical (unpaired) electrons. The minimum Gasteiger partial charge on any atom is -0.315 e. The lowest BCUT2D eigenvalue weighted by Gasteiger charge is -2.04. The number of hydrogen-bond donors (Lipinski definition) is 3. The van der Waals surface area contributed by atoms with Crippen LogP contribution in [0.5, 0.6) is 0 Å². The number of sulfonamides is 1. The average Bonchev–Trinajstić information content (AvgIpc) is 2.17. The summed E-state index contributed by atoms with van der Waals surface area (Å²) in [6.45, 7) is 3.32. The van der Waals surface area contributed by atoms with Crippen LogP contribution in [-0.2, 0) is 10.0 Å². The molecule has 0 fully saturated rings. The van der Waals surface area contributed by atoms with E-state index >= 15 is 0 Å². The van der Waals surface area contributed by atoms with Crippen LogP contribution >= 0.6 is 0 Å². The van der Waals surface area contributed by atoms with Crippen molar-refractivity contribution in [3.8, 4) is 0 Å². The largest absolute Gasteiger partial charge is 0.323 e. The summed E-state index contributed by atoms with van der Waals surface area (Å²) in [6.07, 6.45) is 1.23. The molecule has 0 spiro atoms. The van der Waals surface area contributed by atoms with Crippen LogP contribution in [0.2, 0.25) is 0 Å². The molecule has 16 heavy (non-hydrogen) atoms. The molecule has 0 aliphatic carbocycles. The Bertz CT molecular complexity index is 493. The van der Waals surface area contributed by atoms with Crippen LogP contribution < -0.4 is 15.8 Å². The van der Waals surface area contributed by atoms with Crippen molar-refractivity contribution in [2.75, 3.05) is 5.32 Å². The summed E-state index contributed by atoms with van der Waals surface area (Å²) in [7, 11) is -3.70. The first-order chi connectivity index (χ1) is 7.43. The normalized spacial score (nSPS) is 10.6. The van der Waals surface area contributed by atoms with E-state index in [9.17, 15) is 13.2 Å². The molecule has 0 saturated heterocycles. The van der Waals surface area contributed by atoms with E-state index in [1.807, 2.05) is 0 Å². The Morgan fingerprint density at radius 2 is 1.88 bits per heavy atom. The van der Waals surface area contributed by atoms with Gasteiger partial charge in [-0.3, -0.25) is 0 Å². The van der Waals surface area contributed by atoms with E-state index in [-0.39, 0.29) is 4.90 Å². The summed E-state index contributed by atoms with van der Waals surface area (Å²) >= 11 is 0. The maximum absolute atomic E-state index is 11.1. The molecule has 0 saturated carbocycles. The van der Waals surface area contributed by atoms with Gasteiger partial charge < -0.3 is 10.6 Å². The number of amides is 2. The van der Waals surface area contributed by atoms with Crippen molar-refractivity contribution >= 4 is 21.7 Å². The third-order valence-electron chi connectivity index (χ3n) is 1.67. The van der Waals surface area contributed by atoms with E-state index in [0.29, 0.717) is 5.69 Å². The predicted molar refractivity (Wildman–Crippen MR) is 60.2 cm³/mol. The molecule has 2 amide bonds. The number of primary sulfonamides is 1. The molecule has 1 aromatic rings. The van der Waals surface area contributed by atoms with Crippen molar-refractivity contribution in [3.05, 3.63) is 37.0 Å². The quantitative estimate of drug-likeness (QED) is 0.722. The zero-order chi connectivity index (χ0) is 12.2. The highest BCUT2D eigenvalue weighted by Gasteiger charge is 2.07. The van der Waals surface area contributed by atoms with E-state index in [1.165, 1.54) is 30.5 Å². The van der Waals surface area contributed by atoms with Gasteiger partial charge in [0.15, 0.2) is 0 Å². The summed E-state index contributed by atoms with van der Waals surface area (Å²) in [4.78, 5) is 11.0. The number of rotatable bonds is 3. The molecule has 1 aromatic carbocycles. The van der Waals surface area contributed by atoms with Gasteiger partial charge >= 0.3 is 6.03 Å². The number of benzene rings is 1. The van der Waals surface area contributed by atoms with Gasteiger partial charge in [-0.2, -0.15) is 0 Å². The lowest BCUT2D eigenvalue weighted by atomic mass is 10.3. The first kappa shape index (κ1) is 12.2. The average molecular weight is 241 g/mol. The second kappa shape index (κ2) is 4.77. The molecule has 6 nitrogen and oxygen atoms in total. The minimum atomic E-state index is -3.70. The van der Waals surface area contributed by atoms with Crippen molar-refractivity contribution in [3.63, 3.8) is 0 Å². The molecule has 0 aliphatic heterocycles. The molecular weight excluding hydrogens is 230 g/mol. The van der Waals surface area contributed by atoms with Gasteiger partial charge in [-0.05, 0) is 30.5 Å². The maximum Gasteiger partial charge on any atom is 0.323 e. The third kappa shape index (κ3) is 3.37. The Labute approximate surface area is 93.2 Å². The molecule has 0 aliphatic rings. The molecule has 0 heterocycles. The molecule has 0 unspecified atom stereocenters. The number of nitrogens with two attached hydrogens (primary N) is 1. The Kier molecular flexibility index (Phi) is 3.64. The summed E-state index contributed by atoms with van der Waals surface area (Å²) in [5, 5.41) is 9.69. The monoisotopic (exact) mass is 241 g/mol. The van der Waals surface area contributed by atoms with Gasteiger partial charge in [0, 0.05) is 5.69 Å². The van der Waals surface area contributed by atoms with Gasteiger partial charge in [0.1, 0.15) is 0 Å². The number of carbonyl (C=O) groups is 1. The molecule has 1 rings (SSSR count). The van der Waals surface area contributed by atoms with Crippen LogP contribution in [0.4, 0.5) is 10.5 Å². The van der Waals surface area contributed by atoms with Crippen molar-refractivity contribution < 1.29 is 13.2 Å². The second-order valence-electron chi connectivity index (χ2n) is 2.87.